The largest absolute Gasteiger partial charge is 0.464 e. The highest BCUT2D eigenvalue weighted by Crippen LogP contribution is 2.23. The van der Waals surface area contributed by atoms with Crippen LogP contribution in [0.15, 0.2) is 28.8 Å². The first-order chi connectivity index (χ1) is 9.81. The van der Waals surface area contributed by atoms with Crippen LogP contribution in [0.25, 0.3) is 0 Å². The van der Waals surface area contributed by atoms with Gasteiger partial charge in [-0.1, -0.05) is 6.92 Å². The third-order valence-corrected chi connectivity index (χ3v) is 2.97. The molecule has 2 heterocycles. The van der Waals surface area contributed by atoms with Crippen molar-refractivity contribution in [1.82, 2.24) is 24.9 Å². The Morgan fingerprint density at radius 2 is 2.15 bits per heavy atom. The minimum absolute atomic E-state index is 0.317. The molecule has 0 aliphatic carbocycles. The summed E-state index contributed by atoms with van der Waals surface area (Å²) in [7, 11) is 0. The first-order valence-electron chi connectivity index (χ1n) is 6.38. The minimum Gasteiger partial charge on any atom is -0.464 e. The second kappa shape index (κ2) is 7.59. The molecule has 106 valence electrons. The third kappa shape index (κ3) is 4.30. The fraction of sp³-hybridized carbons (Fsp3) is 0.417. The summed E-state index contributed by atoms with van der Waals surface area (Å²) in [4.78, 5) is 20.8. The molecule has 2 aromatic heterocycles. The van der Waals surface area contributed by atoms with E-state index in [1.807, 2.05) is 6.92 Å². The van der Waals surface area contributed by atoms with Crippen LogP contribution in [0.1, 0.15) is 20.3 Å². The smallest absolute Gasteiger partial charge is 0.322 e. The summed E-state index contributed by atoms with van der Waals surface area (Å²) >= 11 is 1.34. The van der Waals surface area contributed by atoms with E-state index in [2.05, 4.69) is 37.2 Å². The van der Waals surface area contributed by atoms with Gasteiger partial charge in [-0.25, -0.2) is 9.97 Å². The maximum Gasteiger partial charge on any atom is 0.322 e. The van der Waals surface area contributed by atoms with Crippen LogP contribution in [0.4, 0.5) is 5.95 Å². The van der Waals surface area contributed by atoms with Crippen molar-refractivity contribution in [2.75, 3.05) is 18.5 Å². The Labute approximate surface area is 121 Å². The molecule has 0 aromatic carbocycles. The number of rotatable bonds is 7. The molecule has 0 aliphatic rings. The number of anilines is 1. The summed E-state index contributed by atoms with van der Waals surface area (Å²) in [5.41, 5.74) is 0. The Kier molecular flexibility index (Phi) is 5.48. The van der Waals surface area contributed by atoms with Crippen LogP contribution < -0.4 is 10.1 Å². The number of hydrogen-bond donors (Lipinski definition) is 1. The van der Waals surface area contributed by atoms with Crippen molar-refractivity contribution in [3.8, 4) is 6.01 Å². The summed E-state index contributed by atoms with van der Waals surface area (Å²) in [5.74, 6) is 0.516. The van der Waals surface area contributed by atoms with Crippen molar-refractivity contribution in [1.29, 1.82) is 0 Å². The van der Waals surface area contributed by atoms with E-state index in [0.29, 0.717) is 23.7 Å². The number of nitrogens with one attached hydrogen (secondary N) is 1. The van der Waals surface area contributed by atoms with Gasteiger partial charge in [0.05, 0.1) is 6.61 Å². The third-order valence-electron chi connectivity index (χ3n) is 2.15. The van der Waals surface area contributed by atoms with Gasteiger partial charge in [0, 0.05) is 12.7 Å². The summed E-state index contributed by atoms with van der Waals surface area (Å²) in [6.07, 6.45) is 4.16. The average molecular weight is 292 g/mol. The summed E-state index contributed by atoms with van der Waals surface area (Å²) in [6, 6.07) is 2.12. The van der Waals surface area contributed by atoms with Gasteiger partial charge >= 0.3 is 6.01 Å². The van der Waals surface area contributed by atoms with E-state index in [0.717, 1.165) is 18.0 Å². The van der Waals surface area contributed by atoms with Crippen LogP contribution in [0, 0.1) is 0 Å². The normalized spacial score (nSPS) is 10.3. The first kappa shape index (κ1) is 14.4. The summed E-state index contributed by atoms with van der Waals surface area (Å²) in [6.45, 7) is 5.27. The van der Waals surface area contributed by atoms with Crippen LogP contribution in [-0.2, 0) is 0 Å². The van der Waals surface area contributed by atoms with E-state index >= 15 is 0 Å². The number of aromatic nitrogens is 5. The van der Waals surface area contributed by atoms with Gasteiger partial charge < -0.3 is 10.1 Å². The van der Waals surface area contributed by atoms with Gasteiger partial charge in [-0.05, 0) is 31.2 Å². The second-order valence-electron chi connectivity index (χ2n) is 3.73. The Morgan fingerprint density at radius 1 is 1.25 bits per heavy atom. The van der Waals surface area contributed by atoms with Crippen molar-refractivity contribution in [2.24, 2.45) is 0 Å². The molecule has 2 aromatic rings. The van der Waals surface area contributed by atoms with Gasteiger partial charge in [0.15, 0.2) is 0 Å². The lowest BCUT2D eigenvalue weighted by molar-refractivity contribution is 0.308. The van der Waals surface area contributed by atoms with Crippen LogP contribution >= 0.6 is 11.8 Å². The van der Waals surface area contributed by atoms with Gasteiger partial charge in [0.1, 0.15) is 11.4 Å². The lowest BCUT2D eigenvalue weighted by atomic mass is 10.5. The fourth-order valence-electron chi connectivity index (χ4n) is 1.33. The highest BCUT2D eigenvalue weighted by Gasteiger charge is 2.09. The average Bonchev–Trinajstić information content (AvgIpc) is 2.46. The van der Waals surface area contributed by atoms with Gasteiger partial charge in [0.25, 0.3) is 0 Å². The molecule has 0 radical (unpaired) electrons. The maximum absolute atomic E-state index is 5.36. The van der Waals surface area contributed by atoms with E-state index in [1.165, 1.54) is 18.1 Å². The van der Waals surface area contributed by atoms with Gasteiger partial charge in [-0.3, -0.25) is 0 Å². The summed E-state index contributed by atoms with van der Waals surface area (Å²) in [5, 5.41) is 4.45. The molecule has 1 N–H and O–H groups in total. The Hall–Kier alpha value is -1.96. The standard InChI is InChI=1S/C12H16N6OS/c1-3-6-14-10-16-11(19-4-2)18-12(17-10)20-9-5-7-13-8-15-9/h5,7-8H,3-4,6H2,1-2H3,(H,14,16,17,18). The zero-order valence-electron chi connectivity index (χ0n) is 11.4. The van der Waals surface area contributed by atoms with E-state index in [1.54, 1.807) is 12.3 Å². The molecule has 0 amide bonds. The minimum atomic E-state index is 0.317. The fourth-order valence-corrected chi connectivity index (χ4v) is 2.00. The molecule has 0 spiro atoms. The van der Waals surface area contributed by atoms with Crippen molar-refractivity contribution >= 4 is 17.7 Å². The molecule has 0 unspecified atom stereocenters. The highest BCUT2D eigenvalue weighted by molar-refractivity contribution is 7.99. The summed E-state index contributed by atoms with van der Waals surface area (Å²) < 4.78 is 5.36. The molecule has 0 saturated carbocycles. The zero-order chi connectivity index (χ0) is 14.2. The number of ether oxygens (including phenoxy) is 1. The Morgan fingerprint density at radius 3 is 2.85 bits per heavy atom. The van der Waals surface area contributed by atoms with Gasteiger partial charge in [0.2, 0.25) is 11.1 Å². The topological polar surface area (TPSA) is 85.7 Å². The Balaban J connectivity index is 2.19. The van der Waals surface area contributed by atoms with E-state index in [-0.39, 0.29) is 0 Å². The quantitative estimate of drug-likeness (QED) is 0.776. The molecule has 8 heteroatoms. The molecule has 7 nitrogen and oxygen atoms in total. The van der Waals surface area contributed by atoms with Gasteiger partial charge in [-0.15, -0.1) is 0 Å². The predicted molar refractivity (Wildman–Crippen MR) is 75.9 cm³/mol. The SMILES string of the molecule is CCCNc1nc(OCC)nc(Sc2ccncn2)n1. The molecule has 2 rings (SSSR count). The van der Waals surface area contributed by atoms with E-state index < -0.39 is 0 Å². The first-order valence-corrected chi connectivity index (χ1v) is 7.20. The number of nitrogens with zero attached hydrogens (tertiary/aromatic N) is 5. The number of hydrogen-bond acceptors (Lipinski definition) is 8. The molecule has 0 fully saturated rings. The zero-order valence-corrected chi connectivity index (χ0v) is 12.2. The van der Waals surface area contributed by atoms with Crippen LogP contribution in [-0.4, -0.2) is 38.1 Å². The van der Waals surface area contributed by atoms with E-state index in [4.69, 9.17) is 4.74 Å². The van der Waals surface area contributed by atoms with Gasteiger partial charge in [-0.2, -0.15) is 15.0 Å². The maximum atomic E-state index is 5.36. The van der Waals surface area contributed by atoms with Crippen LogP contribution in [0.3, 0.4) is 0 Å². The molecular formula is C12H16N6OS. The lowest BCUT2D eigenvalue weighted by Gasteiger charge is -2.07. The van der Waals surface area contributed by atoms with E-state index in [9.17, 15) is 0 Å². The second-order valence-corrected chi connectivity index (χ2v) is 4.72. The molecule has 0 bridgehead atoms. The molecular weight excluding hydrogens is 276 g/mol. The predicted octanol–water partition coefficient (Wildman–Crippen LogP) is 2.03. The van der Waals surface area contributed by atoms with Crippen molar-refractivity contribution < 1.29 is 4.74 Å². The Bertz CT molecular complexity index is 539. The van der Waals surface area contributed by atoms with Crippen molar-refractivity contribution in [3.05, 3.63) is 18.6 Å². The molecule has 0 saturated heterocycles. The highest BCUT2D eigenvalue weighted by atomic mass is 32.2. The van der Waals surface area contributed by atoms with Crippen LogP contribution in [0.2, 0.25) is 0 Å². The van der Waals surface area contributed by atoms with Crippen LogP contribution in [0.5, 0.6) is 6.01 Å². The molecule has 0 atom stereocenters. The van der Waals surface area contributed by atoms with Crippen molar-refractivity contribution in [3.63, 3.8) is 0 Å². The monoisotopic (exact) mass is 292 g/mol. The molecule has 20 heavy (non-hydrogen) atoms. The lowest BCUT2D eigenvalue weighted by Crippen LogP contribution is -2.08. The van der Waals surface area contributed by atoms with Crippen molar-refractivity contribution in [2.45, 2.75) is 30.5 Å². The molecule has 0 aliphatic heterocycles.